The van der Waals surface area contributed by atoms with Crippen molar-refractivity contribution in [3.05, 3.63) is 235 Å². The Bertz CT molecular complexity index is 3120. The lowest BCUT2D eigenvalue weighted by molar-refractivity contribution is 0.491. The van der Waals surface area contributed by atoms with Gasteiger partial charge in [0.1, 0.15) is 0 Å². The van der Waals surface area contributed by atoms with Crippen LogP contribution in [0.1, 0.15) is 62.8 Å². The molecule has 0 N–H and O–H groups in total. The van der Waals surface area contributed by atoms with Gasteiger partial charge in [0.25, 0.3) is 0 Å². The third kappa shape index (κ3) is 6.29. The molecular formula is C62H51N. The van der Waals surface area contributed by atoms with Crippen molar-refractivity contribution >= 4 is 17.1 Å². The fourth-order valence-electron chi connectivity index (χ4n) is 10.9. The Hall–Kier alpha value is -7.22. The summed E-state index contributed by atoms with van der Waals surface area (Å²) in [6, 6.07) is 79.1. The zero-order valence-corrected chi connectivity index (χ0v) is 36.6. The fraction of sp³-hybridized carbons (Fsp3) is 0.129. The molecule has 2 aliphatic rings. The van der Waals surface area contributed by atoms with Crippen LogP contribution < -0.4 is 4.90 Å². The third-order valence-corrected chi connectivity index (χ3v) is 14.4. The number of benzene rings is 9. The third-order valence-electron chi connectivity index (χ3n) is 14.4. The van der Waals surface area contributed by atoms with Crippen molar-refractivity contribution < 1.29 is 0 Å². The second-order valence-electron chi connectivity index (χ2n) is 17.9. The van der Waals surface area contributed by atoms with Gasteiger partial charge in [-0.25, -0.2) is 0 Å². The van der Waals surface area contributed by atoms with Crippen LogP contribution in [-0.2, 0) is 10.8 Å². The lowest BCUT2D eigenvalue weighted by atomic mass is 9.73. The lowest BCUT2D eigenvalue weighted by Crippen LogP contribution is -2.23. The van der Waals surface area contributed by atoms with Crippen LogP contribution >= 0.6 is 0 Å². The van der Waals surface area contributed by atoms with E-state index in [-0.39, 0.29) is 10.8 Å². The summed E-state index contributed by atoms with van der Waals surface area (Å²) in [6.07, 6.45) is 2.01. The molecule has 0 saturated carbocycles. The largest absolute Gasteiger partial charge is 0.310 e. The molecule has 0 radical (unpaired) electrons. The highest BCUT2D eigenvalue weighted by atomic mass is 15.1. The minimum atomic E-state index is -0.150. The minimum Gasteiger partial charge on any atom is -0.310 e. The molecule has 63 heavy (non-hydrogen) atoms. The number of rotatable bonds is 9. The van der Waals surface area contributed by atoms with Crippen molar-refractivity contribution in [3.63, 3.8) is 0 Å². The zero-order chi connectivity index (χ0) is 42.7. The smallest absolute Gasteiger partial charge is 0.0549 e. The lowest BCUT2D eigenvalue weighted by Gasteiger charge is -2.32. The highest BCUT2D eigenvalue weighted by molar-refractivity contribution is 5.98. The van der Waals surface area contributed by atoms with Crippen molar-refractivity contribution in [1.82, 2.24) is 0 Å². The van der Waals surface area contributed by atoms with E-state index in [1.165, 1.54) is 94.7 Å². The normalized spacial score (nSPS) is 13.8. The molecule has 0 spiro atoms. The standard InChI is InChI=1S/C62H51N/c1-5-62(6-2)57-39-48(43-20-12-8-13-21-43)31-37-54(57)60-58(62)40-49(44-22-14-9-15-23-44)41-59(60)63(50-32-26-45(27-33-50)42-18-10-7-11-19-42)51-34-28-46(29-35-51)47-30-36-53-52-24-16-17-25-55(52)61(3,4)56(53)38-47/h7-41H,5-6H2,1-4H3. The van der Waals surface area contributed by atoms with Gasteiger partial charge in [0, 0.05) is 27.8 Å². The van der Waals surface area contributed by atoms with E-state index in [4.69, 9.17) is 0 Å². The molecular weight excluding hydrogens is 759 g/mol. The second kappa shape index (κ2) is 15.3. The SMILES string of the molecule is CCC1(CC)c2cc(-c3ccccc3)ccc2-c2c(N(c3ccc(-c4ccccc4)cc3)c3ccc(-c4ccc5c(c4)C(C)(C)c4ccccc4-5)cc3)cc(-c3ccccc3)cc21. The van der Waals surface area contributed by atoms with Crippen molar-refractivity contribution in [2.45, 2.75) is 51.4 Å². The molecule has 9 aromatic carbocycles. The van der Waals surface area contributed by atoms with Crippen molar-refractivity contribution in [2.75, 3.05) is 4.90 Å². The Morgan fingerprint density at radius 2 is 0.746 bits per heavy atom. The van der Waals surface area contributed by atoms with Gasteiger partial charge in [-0.15, -0.1) is 0 Å². The predicted octanol–water partition coefficient (Wildman–Crippen LogP) is 17.2. The second-order valence-corrected chi connectivity index (χ2v) is 17.9. The molecule has 1 nitrogen and oxygen atoms in total. The molecule has 2 aliphatic carbocycles. The Balaban J connectivity index is 1.11. The number of hydrogen-bond donors (Lipinski definition) is 0. The molecule has 0 unspecified atom stereocenters. The molecule has 0 saturated heterocycles. The topological polar surface area (TPSA) is 3.24 Å². The van der Waals surface area contributed by atoms with Gasteiger partial charge < -0.3 is 4.90 Å². The summed E-state index contributed by atoms with van der Waals surface area (Å²) in [5.74, 6) is 0. The summed E-state index contributed by atoms with van der Waals surface area (Å²) in [4.78, 5) is 2.52. The van der Waals surface area contributed by atoms with Crippen molar-refractivity contribution in [1.29, 1.82) is 0 Å². The van der Waals surface area contributed by atoms with Crippen LogP contribution in [0.3, 0.4) is 0 Å². The molecule has 0 aromatic heterocycles. The molecule has 0 atom stereocenters. The Labute approximate surface area is 373 Å². The summed E-state index contributed by atoms with van der Waals surface area (Å²) >= 11 is 0. The molecule has 0 aliphatic heterocycles. The summed E-state index contributed by atoms with van der Waals surface area (Å²) in [7, 11) is 0. The van der Waals surface area contributed by atoms with E-state index in [0.29, 0.717) is 0 Å². The van der Waals surface area contributed by atoms with E-state index >= 15 is 0 Å². The number of nitrogens with zero attached hydrogens (tertiary/aromatic N) is 1. The molecule has 0 fully saturated rings. The van der Waals surface area contributed by atoms with Gasteiger partial charge in [0.15, 0.2) is 0 Å². The minimum absolute atomic E-state index is 0.0565. The van der Waals surface area contributed by atoms with Gasteiger partial charge in [-0.1, -0.05) is 191 Å². The summed E-state index contributed by atoms with van der Waals surface area (Å²) in [6.45, 7) is 9.48. The molecule has 0 heterocycles. The van der Waals surface area contributed by atoms with Crippen LogP contribution in [0.25, 0.3) is 66.8 Å². The molecule has 0 bridgehead atoms. The molecule has 304 valence electrons. The van der Waals surface area contributed by atoms with Crippen LogP contribution in [0, 0.1) is 0 Å². The van der Waals surface area contributed by atoms with Crippen LogP contribution in [0.2, 0.25) is 0 Å². The van der Waals surface area contributed by atoms with Crippen LogP contribution in [0.15, 0.2) is 212 Å². The van der Waals surface area contributed by atoms with Crippen molar-refractivity contribution in [3.8, 4) is 66.8 Å². The molecule has 9 aromatic rings. The molecule has 11 rings (SSSR count). The van der Waals surface area contributed by atoms with Gasteiger partial charge in [-0.2, -0.15) is 0 Å². The maximum atomic E-state index is 2.52. The maximum Gasteiger partial charge on any atom is 0.0549 e. The van der Waals surface area contributed by atoms with E-state index in [2.05, 4.69) is 245 Å². The average Bonchev–Trinajstić information content (AvgIpc) is 3.76. The molecule has 0 amide bonds. The van der Waals surface area contributed by atoms with E-state index in [1.54, 1.807) is 0 Å². The quantitative estimate of drug-likeness (QED) is 0.140. The molecule has 1 heteroatoms. The first-order chi connectivity index (χ1) is 30.9. The van der Waals surface area contributed by atoms with Crippen LogP contribution in [0.4, 0.5) is 17.1 Å². The fourth-order valence-corrected chi connectivity index (χ4v) is 10.9. The number of anilines is 3. The van der Waals surface area contributed by atoms with E-state index in [0.717, 1.165) is 24.2 Å². The Kier molecular flexibility index (Phi) is 9.39. The predicted molar refractivity (Wildman–Crippen MR) is 267 cm³/mol. The highest BCUT2D eigenvalue weighted by Crippen LogP contribution is 2.59. The average molecular weight is 810 g/mol. The summed E-state index contributed by atoms with van der Waals surface area (Å²) in [5.41, 5.74) is 24.1. The summed E-state index contributed by atoms with van der Waals surface area (Å²) in [5, 5.41) is 0. The van der Waals surface area contributed by atoms with E-state index < -0.39 is 0 Å². The Morgan fingerprint density at radius 1 is 0.333 bits per heavy atom. The Morgan fingerprint density at radius 3 is 1.32 bits per heavy atom. The van der Waals surface area contributed by atoms with Gasteiger partial charge in [0.05, 0.1) is 5.69 Å². The maximum absolute atomic E-state index is 2.52. The van der Waals surface area contributed by atoms with E-state index in [9.17, 15) is 0 Å². The van der Waals surface area contributed by atoms with E-state index in [1.807, 2.05) is 0 Å². The monoisotopic (exact) mass is 809 g/mol. The first-order valence-electron chi connectivity index (χ1n) is 22.6. The van der Waals surface area contributed by atoms with Gasteiger partial charge in [-0.3, -0.25) is 0 Å². The summed E-state index contributed by atoms with van der Waals surface area (Å²) < 4.78 is 0. The number of hydrogen-bond acceptors (Lipinski definition) is 1. The van der Waals surface area contributed by atoms with Crippen LogP contribution in [-0.4, -0.2) is 0 Å². The van der Waals surface area contributed by atoms with Gasteiger partial charge in [0.2, 0.25) is 0 Å². The van der Waals surface area contributed by atoms with Gasteiger partial charge >= 0.3 is 0 Å². The number of fused-ring (bicyclic) bond motifs is 6. The van der Waals surface area contributed by atoms with Gasteiger partial charge in [-0.05, 0) is 145 Å². The van der Waals surface area contributed by atoms with Crippen LogP contribution in [0.5, 0.6) is 0 Å². The first kappa shape index (κ1) is 38.7. The van der Waals surface area contributed by atoms with Crippen molar-refractivity contribution in [2.24, 2.45) is 0 Å². The highest BCUT2D eigenvalue weighted by Gasteiger charge is 2.43. The zero-order valence-electron chi connectivity index (χ0n) is 36.6. The first-order valence-corrected chi connectivity index (χ1v) is 22.6.